The molecule has 1 N–H and O–H groups in total. The Hall–Kier alpha value is -1.60. The third kappa shape index (κ3) is 5.58. The zero-order valence-electron chi connectivity index (χ0n) is 11.5. The van der Waals surface area contributed by atoms with Gasteiger partial charge in [0.05, 0.1) is 17.7 Å². The molecule has 4 nitrogen and oxygen atoms in total. The summed E-state index contributed by atoms with van der Waals surface area (Å²) in [5.41, 5.74) is 1.77. The summed E-state index contributed by atoms with van der Waals surface area (Å²) in [6, 6.07) is 4.59. The van der Waals surface area contributed by atoms with Crippen LogP contribution in [0.15, 0.2) is 24.3 Å². The fourth-order valence-electron chi connectivity index (χ4n) is 1.28. The second-order valence-corrected chi connectivity index (χ2v) is 5.23. The van der Waals surface area contributed by atoms with E-state index in [1.807, 2.05) is 0 Å². The standard InChI is InChI=1S/C13H17F3N2O2/c1-12(2,3)20-17-18(9-19)8-10-4-6-11(7-5-10)13(14,15)16/h4-7,9,17H,8H2,1-3H3. The van der Waals surface area contributed by atoms with Gasteiger partial charge in [0.2, 0.25) is 6.41 Å². The number of halogens is 3. The van der Waals surface area contributed by atoms with Crippen molar-refractivity contribution in [3.63, 3.8) is 0 Å². The van der Waals surface area contributed by atoms with E-state index in [0.29, 0.717) is 12.0 Å². The Morgan fingerprint density at radius 3 is 2.15 bits per heavy atom. The van der Waals surface area contributed by atoms with Crippen molar-refractivity contribution in [2.24, 2.45) is 0 Å². The molecule has 0 aliphatic carbocycles. The van der Waals surface area contributed by atoms with Crippen LogP contribution in [0, 0.1) is 0 Å². The first-order chi connectivity index (χ1) is 9.12. The smallest absolute Gasteiger partial charge is 0.277 e. The predicted molar refractivity (Wildman–Crippen MR) is 67.0 cm³/mol. The Balaban J connectivity index is 2.64. The van der Waals surface area contributed by atoms with Gasteiger partial charge in [0, 0.05) is 0 Å². The number of carbonyl (C=O) groups excluding carboxylic acids is 1. The number of rotatable bonds is 5. The van der Waals surface area contributed by atoms with Crippen molar-refractivity contribution < 1.29 is 22.8 Å². The van der Waals surface area contributed by atoms with E-state index < -0.39 is 17.3 Å². The lowest BCUT2D eigenvalue weighted by atomic mass is 10.1. The van der Waals surface area contributed by atoms with Crippen LogP contribution in [0.2, 0.25) is 0 Å². The maximum atomic E-state index is 12.4. The van der Waals surface area contributed by atoms with Crippen LogP contribution >= 0.6 is 0 Å². The van der Waals surface area contributed by atoms with Crippen molar-refractivity contribution in [3.05, 3.63) is 35.4 Å². The van der Waals surface area contributed by atoms with Gasteiger partial charge in [-0.05, 0) is 38.5 Å². The van der Waals surface area contributed by atoms with E-state index in [1.54, 1.807) is 20.8 Å². The molecule has 0 aromatic heterocycles. The van der Waals surface area contributed by atoms with Crippen LogP contribution in [-0.4, -0.2) is 17.0 Å². The van der Waals surface area contributed by atoms with Crippen molar-refractivity contribution in [2.45, 2.75) is 39.1 Å². The lowest BCUT2D eigenvalue weighted by Crippen LogP contribution is -2.41. The minimum Gasteiger partial charge on any atom is -0.277 e. The van der Waals surface area contributed by atoms with Crippen LogP contribution in [-0.2, 0) is 22.4 Å². The molecule has 0 radical (unpaired) electrons. The number of hydrogen-bond donors (Lipinski definition) is 1. The highest BCUT2D eigenvalue weighted by Gasteiger charge is 2.29. The Morgan fingerprint density at radius 2 is 1.75 bits per heavy atom. The summed E-state index contributed by atoms with van der Waals surface area (Å²) in [7, 11) is 0. The summed E-state index contributed by atoms with van der Waals surface area (Å²) in [4.78, 5) is 16.1. The number of benzene rings is 1. The average molecular weight is 290 g/mol. The molecule has 112 valence electrons. The third-order valence-electron chi connectivity index (χ3n) is 2.23. The van der Waals surface area contributed by atoms with Crippen molar-refractivity contribution in [1.29, 1.82) is 0 Å². The maximum Gasteiger partial charge on any atom is 0.416 e. The van der Waals surface area contributed by atoms with E-state index in [-0.39, 0.29) is 6.54 Å². The average Bonchev–Trinajstić information content (AvgIpc) is 2.33. The molecule has 20 heavy (non-hydrogen) atoms. The first kappa shape index (κ1) is 16.5. The zero-order valence-corrected chi connectivity index (χ0v) is 11.5. The molecule has 0 saturated heterocycles. The summed E-state index contributed by atoms with van der Waals surface area (Å²) < 4.78 is 37.2. The van der Waals surface area contributed by atoms with Crippen LogP contribution in [0.3, 0.4) is 0 Å². The van der Waals surface area contributed by atoms with E-state index >= 15 is 0 Å². The number of amides is 1. The molecule has 0 atom stereocenters. The molecular formula is C13H17F3N2O2. The summed E-state index contributed by atoms with van der Waals surface area (Å²) in [6.45, 7) is 5.47. The molecule has 0 fully saturated rings. The van der Waals surface area contributed by atoms with E-state index in [2.05, 4.69) is 5.59 Å². The number of carbonyl (C=O) groups is 1. The topological polar surface area (TPSA) is 41.6 Å². The minimum absolute atomic E-state index is 0.0950. The number of hydrazine groups is 1. The zero-order chi connectivity index (χ0) is 15.4. The molecule has 7 heteroatoms. The van der Waals surface area contributed by atoms with Crippen molar-refractivity contribution in [3.8, 4) is 0 Å². The SMILES string of the molecule is CC(C)(C)ONN(C=O)Cc1ccc(C(F)(F)F)cc1. The van der Waals surface area contributed by atoms with Gasteiger partial charge in [0.15, 0.2) is 0 Å². The summed E-state index contributed by atoms with van der Waals surface area (Å²) in [5.74, 6) is 0. The predicted octanol–water partition coefficient (Wildman–Crippen LogP) is 2.90. The second kappa shape index (κ2) is 6.23. The minimum atomic E-state index is -4.36. The molecular weight excluding hydrogens is 273 g/mol. The molecule has 0 saturated carbocycles. The Morgan fingerprint density at radius 1 is 1.20 bits per heavy atom. The number of alkyl halides is 3. The maximum absolute atomic E-state index is 12.4. The van der Waals surface area contributed by atoms with E-state index in [9.17, 15) is 18.0 Å². The van der Waals surface area contributed by atoms with Crippen LogP contribution in [0.4, 0.5) is 13.2 Å². The molecule has 0 bridgehead atoms. The molecule has 0 aliphatic rings. The molecule has 1 rings (SSSR count). The van der Waals surface area contributed by atoms with Crippen molar-refractivity contribution in [1.82, 2.24) is 10.6 Å². The van der Waals surface area contributed by atoms with Crippen LogP contribution in [0.1, 0.15) is 31.9 Å². The number of nitrogens with one attached hydrogen (secondary N) is 1. The summed E-state index contributed by atoms with van der Waals surface area (Å²) >= 11 is 0. The fourth-order valence-corrected chi connectivity index (χ4v) is 1.28. The van der Waals surface area contributed by atoms with Crippen molar-refractivity contribution in [2.75, 3.05) is 0 Å². The normalized spacial score (nSPS) is 12.3. The molecule has 1 amide bonds. The summed E-state index contributed by atoms with van der Waals surface area (Å²) in [5, 5.41) is 1.11. The lowest BCUT2D eigenvalue weighted by molar-refractivity contribution is -0.166. The molecule has 0 heterocycles. The monoisotopic (exact) mass is 290 g/mol. The van der Waals surface area contributed by atoms with Gasteiger partial charge in [0.1, 0.15) is 0 Å². The Labute approximate surface area is 115 Å². The highest BCUT2D eigenvalue weighted by Crippen LogP contribution is 2.29. The van der Waals surface area contributed by atoms with Crippen LogP contribution in [0.5, 0.6) is 0 Å². The first-order valence-electron chi connectivity index (χ1n) is 5.93. The number of hydrogen-bond acceptors (Lipinski definition) is 3. The van der Waals surface area contributed by atoms with Crippen LogP contribution in [0.25, 0.3) is 0 Å². The lowest BCUT2D eigenvalue weighted by Gasteiger charge is -2.25. The molecule has 0 unspecified atom stereocenters. The van der Waals surface area contributed by atoms with Gasteiger partial charge in [-0.3, -0.25) is 14.6 Å². The van der Waals surface area contributed by atoms with Gasteiger partial charge in [-0.2, -0.15) is 13.2 Å². The van der Waals surface area contributed by atoms with Gasteiger partial charge in [0.25, 0.3) is 0 Å². The van der Waals surface area contributed by atoms with Gasteiger partial charge < -0.3 is 0 Å². The first-order valence-corrected chi connectivity index (χ1v) is 5.93. The van der Waals surface area contributed by atoms with E-state index in [0.717, 1.165) is 17.1 Å². The highest BCUT2D eigenvalue weighted by molar-refractivity contribution is 5.46. The quantitative estimate of drug-likeness (QED) is 0.669. The van der Waals surface area contributed by atoms with Gasteiger partial charge in [-0.25, -0.2) is 0 Å². The van der Waals surface area contributed by atoms with Gasteiger partial charge in [-0.1, -0.05) is 12.1 Å². The molecule has 1 aromatic rings. The van der Waals surface area contributed by atoms with E-state index in [1.165, 1.54) is 12.1 Å². The fraction of sp³-hybridized carbons (Fsp3) is 0.462. The highest BCUT2D eigenvalue weighted by atomic mass is 19.4. The van der Waals surface area contributed by atoms with Crippen LogP contribution < -0.4 is 5.59 Å². The third-order valence-corrected chi connectivity index (χ3v) is 2.23. The van der Waals surface area contributed by atoms with Gasteiger partial charge >= 0.3 is 6.18 Å². The summed E-state index contributed by atoms with van der Waals surface area (Å²) in [6.07, 6.45) is -3.86. The van der Waals surface area contributed by atoms with Gasteiger partial charge in [-0.15, -0.1) is 5.59 Å². The Kier molecular flexibility index (Phi) is 5.13. The molecule has 1 aromatic carbocycles. The molecule has 0 aliphatic heterocycles. The largest absolute Gasteiger partial charge is 0.416 e. The van der Waals surface area contributed by atoms with E-state index in [4.69, 9.17) is 4.84 Å². The second-order valence-electron chi connectivity index (χ2n) is 5.23. The Bertz CT molecular complexity index is 438. The molecule has 0 spiro atoms. The number of nitrogens with zero attached hydrogens (tertiary/aromatic N) is 1. The van der Waals surface area contributed by atoms with Crippen molar-refractivity contribution >= 4 is 6.41 Å².